The molecular weight excluding hydrogens is 721 g/mol. The van der Waals surface area contributed by atoms with E-state index in [9.17, 15) is 1.37 Å². The predicted molar refractivity (Wildman–Crippen MR) is 242 cm³/mol. The Kier molecular flexibility index (Phi) is 8.76. The van der Waals surface area contributed by atoms with Crippen LogP contribution in [-0.2, 0) is 38.5 Å². The number of aromatic nitrogens is 4. The van der Waals surface area contributed by atoms with E-state index in [1.807, 2.05) is 104 Å². The zero-order chi connectivity index (χ0) is 46.1. The highest BCUT2D eigenvalue weighted by Crippen LogP contribution is 2.36. The Balaban J connectivity index is 1.04. The van der Waals surface area contributed by atoms with Gasteiger partial charge in [-0.15, -0.1) is 0 Å². The lowest BCUT2D eigenvalue weighted by atomic mass is 9.91. The molecule has 59 heavy (non-hydrogen) atoms. The van der Waals surface area contributed by atoms with Crippen molar-refractivity contribution in [1.82, 2.24) is 19.9 Å². The van der Waals surface area contributed by atoms with Gasteiger partial charge in [0.2, 0.25) is 5.71 Å². The number of furan rings is 1. The molecule has 0 saturated heterocycles. The van der Waals surface area contributed by atoms with Gasteiger partial charge in [-0.05, 0) is 127 Å². The van der Waals surface area contributed by atoms with E-state index in [1.165, 1.54) is 12.3 Å². The summed E-state index contributed by atoms with van der Waals surface area (Å²) in [6, 6.07) is 46.0. The summed E-state index contributed by atoms with van der Waals surface area (Å²) in [6.45, 7) is -4.52. The molecule has 5 aromatic heterocycles. The molecule has 0 amide bonds. The summed E-state index contributed by atoms with van der Waals surface area (Å²) in [5.74, 6) is -2.95. The molecule has 5 heteroatoms. The lowest BCUT2D eigenvalue weighted by molar-refractivity contribution is 0.653. The molecule has 0 aliphatic heterocycles. The van der Waals surface area contributed by atoms with Gasteiger partial charge in [-0.2, -0.15) is 0 Å². The molecule has 5 heterocycles. The van der Waals surface area contributed by atoms with Crippen molar-refractivity contribution < 1.29 is 14.0 Å². The van der Waals surface area contributed by atoms with Crippen LogP contribution in [0.1, 0.15) is 73.8 Å². The van der Waals surface area contributed by atoms with Crippen molar-refractivity contribution in [2.24, 2.45) is 0 Å². The first-order valence-corrected chi connectivity index (χ1v) is 20.1. The molecule has 0 spiro atoms. The Morgan fingerprint density at radius 3 is 1.68 bits per heavy atom. The Morgan fingerprint density at radius 2 is 1.10 bits per heavy atom. The Hall–Kier alpha value is -6.72. The maximum absolute atomic E-state index is 9.39. The van der Waals surface area contributed by atoms with Gasteiger partial charge in [0.25, 0.3) is 0 Å². The summed E-state index contributed by atoms with van der Waals surface area (Å²) in [5, 5.41) is 1.61. The predicted octanol–water partition coefficient (Wildman–Crippen LogP) is 13.0. The second-order valence-electron chi connectivity index (χ2n) is 15.2. The molecular formula is C54H48N4O. The van der Waals surface area contributed by atoms with Crippen LogP contribution in [0, 0.1) is 6.92 Å². The van der Waals surface area contributed by atoms with Crippen molar-refractivity contribution in [3.63, 3.8) is 0 Å². The lowest BCUT2D eigenvalue weighted by Crippen LogP contribution is -2.03. The van der Waals surface area contributed by atoms with E-state index in [4.69, 9.17) is 27.6 Å². The summed E-state index contributed by atoms with van der Waals surface area (Å²) in [5.41, 5.74) is 12.4. The molecule has 0 atom stereocenters. The van der Waals surface area contributed by atoms with Crippen LogP contribution >= 0.6 is 0 Å². The molecule has 4 aromatic carbocycles. The van der Waals surface area contributed by atoms with Crippen LogP contribution in [0.15, 0.2) is 163 Å². The van der Waals surface area contributed by atoms with Gasteiger partial charge in [0, 0.05) is 61.3 Å². The molecule has 9 aromatic rings. The number of pyridine rings is 4. The topological polar surface area (TPSA) is 64.7 Å². The Bertz CT molecular complexity index is 3010. The molecule has 0 saturated carbocycles. The molecule has 290 valence electrons. The van der Waals surface area contributed by atoms with Crippen molar-refractivity contribution in [3.8, 4) is 33.8 Å². The number of aryl methyl sites for hydroxylation is 7. The normalized spacial score (nSPS) is 13.9. The molecule has 9 rings (SSSR count). The highest BCUT2D eigenvalue weighted by molar-refractivity contribution is 6.08. The summed E-state index contributed by atoms with van der Waals surface area (Å²) in [4.78, 5) is 18.9. The minimum absolute atomic E-state index is 0.108. The number of hydrogen-bond donors (Lipinski definition) is 0. The first-order valence-electron chi connectivity index (χ1n) is 23.6. The summed E-state index contributed by atoms with van der Waals surface area (Å²) in [6.07, 6.45) is 9.20. The SMILES string of the molecule is [2H]C([2H])([2H])C([2H])(c1cc(-c2cccc3c2oc2nc(C)ccc23)ncc1CCc1cc(CCc2ccc(-c3ccccc3)nc2)cc(CCc2ccc(-c3ccccc3)nc2)c1)C([2H])([2H])[2H]. The molecule has 0 unspecified atom stereocenters. The van der Waals surface area contributed by atoms with Gasteiger partial charge >= 0.3 is 0 Å². The molecule has 0 fully saturated rings. The Labute approximate surface area is 356 Å². The van der Waals surface area contributed by atoms with Gasteiger partial charge in [-0.3, -0.25) is 15.0 Å². The molecule has 0 N–H and O–H groups in total. The highest BCUT2D eigenvalue weighted by Gasteiger charge is 2.17. The minimum Gasteiger partial charge on any atom is -0.437 e. The van der Waals surface area contributed by atoms with Crippen molar-refractivity contribution in [2.75, 3.05) is 0 Å². The van der Waals surface area contributed by atoms with Crippen LogP contribution in [0.4, 0.5) is 0 Å². The van der Waals surface area contributed by atoms with E-state index in [1.54, 1.807) is 6.07 Å². The van der Waals surface area contributed by atoms with Gasteiger partial charge in [0.05, 0.1) is 17.1 Å². The number of para-hydroxylation sites is 1. The van der Waals surface area contributed by atoms with Crippen LogP contribution in [0.5, 0.6) is 0 Å². The Morgan fingerprint density at radius 1 is 0.525 bits per heavy atom. The summed E-state index contributed by atoms with van der Waals surface area (Å²) in [7, 11) is 0. The highest BCUT2D eigenvalue weighted by atomic mass is 16.3. The van der Waals surface area contributed by atoms with E-state index >= 15 is 0 Å². The third-order valence-electron chi connectivity index (χ3n) is 11.0. The van der Waals surface area contributed by atoms with Gasteiger partial charge in [0.1, 0.15) is 5.58 Å². The molecule has 0 aliphatic carbocycles. The number of rotatable bonds is 13. The monoisotopic (exact) mass is 775 g/mol. The smallest absolute Gasteiger partial charge is 0.227 e. The number of nitrogens with zero attached hydrogens (tertiary/aromatic N) is 4. The molecule has 5 nitrogen and oxygen atoms in total. The standard InChI is InChI=1S/C54H48N4O/c1-36(2)49-32-52(48-16-10-15-46-47-26-17-37(3)58-54(47)59-53(46)48)57-35-45(49)25-22-42-30-40(20-18-38-23-27-50(55-33-38)43-11-6-4-7-12-43)29-41(31-42)21-19-39-24-28-51(56-34-39)44-13-8-5-9-14-44/h4-17,23-24,26-36H,18-22,25H2,1-3H3/i1D3,2D3,36D. The van der Waals surface area contributed by atoms with Gasteiger partial charge in [0.15, 0.2) is 0 Å². The fourth-order valence-corrected chi connectivity index (χ4v) is 7.87. The van der Waals surface area contributed by atoms with E-state index in [0.29, 0.717) is 34.5 Å². The summed E-state index contributed by atoms with van der Waals surface area (Å²) >= 11 is 0. The number of hydrogen-bond acceptors (Lipinski definition) is 5. The molecule has 0 bridgehead atoms. The maximum atomic E-state index is 9.39. The minimum atomic E-state index is -3.20. The van der Waals surface area contributed by atoms with Gasteiger partial charge in [-0.25, -0.2) is 4.98 Å². The summed E-state index contributed by atoms with van der Waals surface area (Å²) < 4.78 is 66.7. The zero-order valence-corrected chi connectivity index (χ0v) is 33.0. The fourth-order valence-electron chi connectivity index (χ4n) is 7.87. The fraction of sp³-hybridized carbons (Fsp3) is 0.185. The average Bonchev–Trinajstić information content (AvgIpc) is 3.70. The van der Waals surface area contributed by atoms with Crippen LogP contribution in [0.2, 0.25) is 0 Å². The lowest BCUT2D eigenvalue weighted by Gasteiger charge is -2.16. The van der Waals surface area contributed by atoms with Crippen molar-refractivity contribution >= 4 is 22.1 Å². The van der Waals surface area contributed by atoms with Crippen LogP contribution in [-0.4, -0.2) is 19.9 Å². The maximum Gasteiger partial charge on any atom is 0.227 e. The van der Waals surface area contributed by atoms with Crippen molar-refractivity contribution in [1.29, 1.82) is 0 Å². The second kappa shape index (κ2) is 17.0. The first kappa shape index (κ1) is 30.4. The van der Waals surface area contributed by atoms with E-state index in [2.05, 4.69) is 47.4 Å². The third-order valence-corrected chi connectivity index (χ3v) is 11.0. The van der Waals surface area contributed by atoms with Crippen LogP contribution in [0.25, 0.3) is 55.8 Å². The average molecular weight is 776 g/mol. The van der Waals surface area contributed by atoms with E-state index in [-0.39, 0.29) is 12.0 Å². The second-order valence-corrected chi connectivity index (χ2v) is 15.2. The largest absolute Gasteiger partial charge is 0.437 e. The first-order chi connectivity index (χ1) is 31.7. The zero-order valence-electron chi connectivity index (χ0n) is 40.0. The van der Waals surface area contributed by atoms with Crippen LogP contribution < -0.4 is 0 Å². The third kappa shape index (κ3) is 8.61. The van der Waals surface area contributed by atoms with Crippen molar-refractivity contribution in [3.05, 3.63) is 203 Å². The van der Waals surface area contributed by atoms with Gasteiger partial charge in [-0.1, -0.05) is 117 Å². The van der Waals surface area contributed by atoms with E-state index in [0.717, 1.165) is 92.5 Å². The quantitative estimate of drug-likeness (QED) is 0.117. The molecule has 0 radical (unpaired) electrons. The van der Waals surface area contributed by atoms with Crippen molar-refractivity contribution in [2.45, 2.75) is 65.0 Å². The van der Waals surface area contributed by atoms with Crippen LogP contribution in [0.3, 0.4) is 0 Å². The van der Waals surface area contributed by atoms with Gasteiger partial charge < -0.3 is 4.42 Å². The molecule has 0 aliphatic rings. The number of fused-ring (bicyclic) bond motifs is 3. The van der Waals surface area contributed by atoms with E-state index < -0.39 is 19.6 Å². The number of benzene rings is 4.